The molecule has 9 heteroatoms. The highest BCUT2D eigenvalue weighted by Crippen LogP contribution is 2.26. The van der Waals surface area contributed by atoms with Gasteiger partial charge in [0.05, 0.1) is 0 Å². The lowest BCUT2D eigenvalue weighted by Gasteiger charge is -2.16. The van der Waals surface area contributed by atoms with E-state index in [1.807, 2.05) is 0 Å². The Morgan fingerprint density at radius 3 is 2.19 bits per heavy atom. The number of Topliss-reactive ketones (excluding diaryl/α,β-unsaturated/α-hetero) is 1. The molecule has 0 aliphatic rings. The molecule has 0 bridgehead atoms. The minimum atomic E-state index is -5.66. The summed E-state index contributed by atoms with van der Waals surface area (Å²) in [6.45, 7) is 0.640. The fourth-order valence-corrected chi connectivity index (χ4v) is 2.56. The standard InChI is InChI=1S/C17H15F2NO5S/c1-12-7-9-13(10-8-12)15(21)11-25-26(23,24)17(18,19)16(22)20-14-5-3-2-4-6-14/h2-10H,11H2,1H3,(H,20,22). The van der Waals surface area contributed by atoms with Crippen LogP contribution in [0.15, 0.2) is 54.6 Å². The predicted molar refractivity (Wildman–Crippen MR) is 90.4 cm³/mol. The number of carbonyl (C=O) groups is 2. The lowest BCUT2D eigenvalue weighted by molar-refractivity contribution is -0.130. The van der Waals surface area contributed by atoms with E-state index in [4.69, 9.17) is 0 Å². The molecule has 0 fully saturated rings. The Bertz CT molecular complexity index is 897. The maximum Gasteiger partial charge on any atom is 0.447 e. The molecular weight excluding hydrogens is 368 g/mol. The minimum Gasteiger partial charge on any atom is -0.320 e. The van der Waals surface area contributed by atoms with Crippen LogP contribution in [0.2, 0.25) is 0 Å². The van der Waals surface area contributed by atoms with E-state index < -0.39 is 33.7 Å². The lowest BCUT2D eigenvalue weighted by Crippen LogP contribution is -2.43. The Kier molecular flexibility index (Phi) is 5.83. The van der Waals surface area contributed by atoms with Crippen molar-refractivity contribution in [1.82, 2.24) is 0 Å². The van der Waals surface area contributed by atoms with Gasteiger partial charge in [-0.25, -0.2) is 0 Å². The van der Waals surface area contributed by atoms with Crippen LogP contribution >= 0.6 is 0 Å². The maximum absolute atomic E-state index is 14.0. The Hall–Kier alpha value is -2.65. The zero-order valence-electron chi connectivity index (χ0n) is 13.6. The van der Waals surface area contributed by atoms with Gasteiger partial charge in [-0.1, -0.05) is 48.0 Å². The third-order valence-electron chi connectivity index (χ3n) is 3.33. The molecule has 26 heavy (non-hydrogen) atoms. The van der Waals surface area contributed by atoms with Crippen molar-refractivity contribution in [3.63, 3.8) is 0 Å². The zero-order valence-corrected chi connectivity index (χ0v) is 14.4. The number of rotatable bonds is 7. The maximum atomic E-state index is 14.0. The first-order chi connectivity index (χ1) is 12.1. The summed E-state index contributed by atoms with van der Waals surface area (Å²) in [5.41, 5.74) is 0.949. The summed E-state index contributed by atoms with van der Waals surface area (Å²) in [7, 11) is -5.66. The van der Waals surface area contributed by atoms with E-state index >= 15 is 0 Å². The van der Waals surface area contributed by atoms with Gasteiger partial charge >= 0.3 is 21.3 Å². The molecule has 0 aromatic heterocycles. The fraction of sp³-hybridized carbons (Fsp3) is 0.176. The monoisotopic (exact) mass is 383 g/mol. The number of benzene rings is 2. The van der Waals surface area contributed by atoms with Gasteiger partial charge in [0.1, 0.15) is 6.61 Å². The van der Waals surface area contributed by atoms with Crippen molar-refractivity contribution < 1.29 is 31.0 Å². The molecule has 1 N–H and O–H groups in total. The van der Waals surface area contributed by atoms with Gasteiger partial charge in [-0.2, -0.15) is 17.2 Å². The lowest BCUT2D eigenvalue weighted by atomic mass is 10.1. The molecule has 138 valence electrons. The van der Waals surface area contributed by atoms with Crippen molar-refractivity contribution in [2.45, 2.75) is 12.2 Å². The molecule has 0 heterocycles. The molecule has 2 aromatic carbocycles. The van der Waals surface area contributed by atoms with Gasteiger partial charge < -0.3 is 5.32 Å². The number of halogens is 2. The summed E-state index contributed by atoms with van der Waals surface area (Å²) in [6.07, 6.45) is 0. The second-order valence-corrected chi connectivity index (χ2v) is 7.00. The highest BCUT2D eigenvalue weighted by Gasteiger charge is 2.54. The topological polar surface area (TPSA) is 89.5 Å². The van der Waals surface area contributed by atoms with Crippen LogP contribution in [-0.2, 0) is 19.1 Å². The highest BCUT2D eigenvalue weighted by molar-refractivity contribution is 7.88. The number of ketones is 1. The summed E-state index contributed by atoms with van der Waals surface area (Å²) < 4.78 is 55.4. The van der Waals surface area contributed by atoms with Crippen LogP contribution in [0.1, 0.15) is 15.9 Å². The number of aryl methyl sites for hydroxylation is 1. The van der Waals surface area contributed by atoms with E-state index in [9.17, 15) is 26.8 Å². The molecule has 0 saturated heterocycles. The summed E-state index contributed by atoms with van der Waals surface area (Å²) in [5, 5.41) is -3.08. The van der Waals surface area contributed by atoms with Crippen LogP contribution in [0, 0.1) is 6.92 Å². The second kappa shape index (κ2) is 7.71. The van der Waals surface area contributed by atoms with E-state index in [-0.39, 0.29) is 11.3 Å². The van der Waals surface area contributed by atoms with Crippen LogP contribution in [0.25, 0.3) is 0 Å². The van der Waals surface area contributed by atoms with Gasteiger partial charge in [0.25, 0.3) is 0 Å². The fourth-order valence-electron chi connectivity index (χ4n) is 1.87. The van der Waals surface area contributed by atoms with Crippen molar-refractivity contribution in [3.8, 4) is 0 Å². The predicted octanol–water partition coefficient (Wildman–Crippen LogP) is 2.76. The summed E-state index contributed by atoms with van der Waals surface area (Å²) in [6, 6.07) is 13.2. The van der Waals surface area contributed by atoms with Gasteiger partial charge in [0.15, 0.2) is 5.78 Å². The zero-order chi connectivity index (χ0) is 19.4. The number of carbonyl (C=O) groups excluding carboxylic acids is 2. The number of anilines is 1. The molecule has 0 radical (unpaired) electrons. The summed E-state index contributed by atoms with van der Waals surface area (Å²) in [5.74, 6) is -2.89. The van der Waals surface area contributed by atoms with Crippen LogP contribution in [0.5, 0.6) is 0 Å². The van der Waals surface area contributed by atoms with Crippen LogP contribution in [-0.4, -0.2) is 32.0 Å². The quantitative estimate of drug-likeness (QED) is 0.587. The average molecular weight is 383 g/mol. The molecule has 0 aliphatic heterocycles. The SMILES string of the molecule is Cc1ccc(C(=O)COS(=O)(=O)C(F)(F)C(=O)Nc2ccccc2)cc1. The van der Waals surface area contributed by atoms with Crippen molar-refractivity contribution >= 4 is 27.5 Å². The first-order valence-corrected chi connectivity index (χ1v) is 8.77. The molecule has 1 amide bonds. The van der Waals surface area contributed by atoms with Crippen LogP contribution < -0.4 is 5.32 Å². The Morgan fingerprint density at radius 2 is 1.62 bits per heavy atom. The van der Waals surface area contributed by atoms with Crippen LogP contribution in [0.3, 0.4) is 0 Å². The first-order valence-electron chi connectivity index (χ1n) is 7.36. The number of alkyl halides is 2. The van der Waals surface area contributed by atoms with E-state index in [0.717, 1.165) is 5.56 Å². The molecule has 0 unspecified atom stereocenters. The Morgan fingerprint density at radius 1 is 1.04 bits per heavy atom. The third kappa shape index (κ3) is 4.50. The number of hydrogen-bond donors (Lipinski definition) is 1. The molecule has 0 aliphatic carbocycles. The molecular formula is C17H15F2NO5S. The molecule has 0 spiro atoms. The summed E-state index contributed by atoms with van der Waals surface area (Å²) >= 11 is 0. The third-order valence-corrected chi connectivity index (χ3v) is 4.57. The Labute approximate surface area is 148 Å². The van der Waals surface area contributed by atoms with Crippen LogP contribution in [0.4, 0.5) is 14.5 Å². The smallest absolute Gasteiger partial charge is 0.320 e. The number of nitrogens with one attached hydrogen (secondary N) is 1. The summed E-state index contributed by atoms with van der Waals surface area (Å²) in [4.78, 5) is 23.5. The molecule has 2 rings (SSSR count). The molecule has 2 aromatic rings. The van der Waals surface area contributed by atoms with E-state index in [1.165, 1.54) is 36.4 Å². The average Bonchev–Trinajstić information content (AvgIpc) is 2.61. The normalized spacial score (nSPS) is 11.8. The molecule has 0 saturated carbocycles. The van der Waals surface area contributed by atoms with E-state index in [0.29, 0.717) is 0 Å². The minimum absolute atomic E-state index is 0.0110. The molecule has 6 nitrogen and oxygen atoms in total. The van der Waals surface area contributed by atoms with Crippen molar-refractivity contribution in [2.24, 2.45) is 0 Å². The number of hydrogen-bond acceptors (Lipinski definition) is 5. The van der Waals surface area contributed by atoms with Crippen molar-refractivity contribution in [2.75, 3.05) is 11.9 Å². The number of amides is 1. The largest absolute Gasteiger partial charge is 0.447 e. The first kappa shape index (κ1) is 19.7. The highest BCUT2D eigenvalue weighted by atomic mass is 32.2. The van der Waals surface area contributed by atoms with Crippen molar-refractivity contribution in [3.05, 3.63) is 65.7 Å². The second-order valence-electron chi connectivity index (χ2n) is 5.34. The Balaban J connectivity index is 2.06. The van der Waals surface area contributed by atoms with Gasteiger partial charge in [-0.05, 0) is 19.1 Å². The van der Waals surface area contributed by atoms with Gasteiger partial charge in [0, 0.05) is 11.3 Å². The van der Waals surface area contributed by atoms with Crippen molar-refractivity contribution in [1.29, 1.82) is 0 Å². The van der Waals surface area contributed by atoms with Gasteiger partial charge in [0.2, 0.25) is 0 Å². The molecule has 0 atom stereocenters. The van der Waals surface area contributed by atoms with E-state index in [1.54, 1.807) is 30.4 Å². The van der Waals surface area contributed by atoms with E-state index in [2.05, 4.69) is 4.18 Å². The van der Waals surface area contributed by atoms with Gasteiger partial charge in [-0.3, -0.25) is 13.8 Å². The van der Waals surface area contributed by atoms with Gasteiger partial charge in [-0.15, -0.1) is 0 Å². The number of para-hydroxylation sites is 1.